The van der Waals surface area contributed by atoms with E-state index in [1.54, 1.807) is 22.8 Å². The number of nitrogens with one attached hydrogen (secondary N) is 2. The van der Waals surface area contributed by atoms with Crippen molar-refractivity contribution in [3.8, 4) is 23.3 Å². The average molecular weight is 969 g/mol. The molecule has 356 valence electrons. The number of amides is 4. The Kier molecular flexibility index (Phi) is 13.1. The third-order valence-corrected chi connectivity index (χ3v) is 14.4. The molecule has 4 fully saturated rings. The number of rotatable bonds is 13. The lowest BCUT2D eigenvalue weighted by Gasteiger charge is -2.40. The van der Waals surface area contributed by atoms with Crippen LogP contribution in [-0.2, 0) is 35.0 Å². The highest BCUT2D eigenvalue weighted by molar-refractivity contribution is 7.90. The standard InChI is InChI=1S/C42H46F2N10O11S2/c1-3-49(2)67(61,62)48-34-8-6-32(43)39(31(34)23-45)64-29-5-7-33-30(21-29)40(57)54(26-46-33)28-22-42(63-25-28)11-14-52(15-12-42)38(56)24-50-16-18-51(19-17-50)35-9-4-27(20-36(35)65-66(44,59)60)53-13-10-37(55)47-41(53)58/h4-9,20-21,26,28,48H,3,10-19,22,24-25H2,1-2H3,(H,47,55,58)/t28-/m1/s1. The van der Waals surface area contributed by atoms with Crippen LogP contribution >= 0.6 is 0 Å². The lowest BCUT2D eigenvalue weighted by Crippen LogP contribution is -2.52. The van der Waals surface area contributed by atoms with E-state index in [0.717, 1.165) is 16.4 Å². The van der Waals surface area contributed by atoms with E-state index in [0.29, 0.717) is 64.0 Å². The van der Waals surface area contributed by atoms with Crippen molar-refractivity contribution in [3.63, 3.8) is 0 Å². The van der Waals surface area contributed by atoms with Crippen LogP contribution in [0.15, 0.2) is 59.7 Å². The first-order valence-corrected chi connectivity index (χ1v) is 24.0. The second-order valence-corrected chi connectivity index (χ2v) is 19.3. The second kappa shape index (κ2) is 18.7. The van der Waals surface area contributed by atoms with Gasteiger partial charge in [0.1, 0.15) is 17.4 Å². The summed E-state index contributed by atoms with van der Waals surface area (Å²) >= 11 is 0. The molecule has 0 saturated carbocycles. The Morgan fingerprint density at radius 2 is 1.78 bits per heavy atom. The van der Waals surface area contributed by atoms with E-state index in [-0.39, 0.29) is 78.6 Å². The predicted molar refractivity (Wildman–Crippen MR) is 237 cm³/mol. The van der Waals surface area contributed by atoms with E-state index in [4.69, 9.17) is 9.47 Å². The molecule has 1 aromatic heterocycles. The number of likely N-dealkylation sites (tertiary alicyclic amines) is 1. The number of aromatic nitrogens is 2. The van der Waals surface area contributed by atoms with E-state index in [2.05, 4.69) is 19.2 Å². The molecule has 0 radical (unpaired) electrons. The van der Waals surface area contributed by atoms with Gasteiger partial charge in [0.2, 0.25) is 11.8 Å². The molecular formula is C42H46F2N10O11S2. The molecule has 5 heterocycles. The number of anilines is 3. The number of hydrogen-bond acceptors (Lipinski definition) is 15. The smallest absolute Gasteiger partial charge is 0.453 e. The van der Waals surface area contributed by atoms with Gasteiger partial charge < -0.3 is 23.5 Å². The Balaban J connectivity index is 0.871. The first-order chi connectivity index (χ1) is 31.9. The molecule has 1 atom stereocenters. The Labute approximate surface area is 384 Å². The third-order valence-electron chi connectivity index (χ3n) is 12.5. The van der Waals surface area contributed by atoms with Crippen molar-refractivity contribution < 1.29 is 53.2 Å². The molecule has 21 nitrogen and oxygen atoms in total. The number of piperazine rings is 1. The molecule has 1 spiro atoms. The summed E-state index contributed by atoms with van der Waals surface area (Å²) in [5.74, 6) is -2.31. The van der Waals surface area contributed by atoms with Gasteiger partial charge in [-0.2, -0.15) is 26.4 Å². The SMILES string of the molecule is CCN(C)S(=O)(=O)Nc1ccc(F)c(Oc2ccc3ncn([C@H]4COC5(CCN(C(=O)CN6CCN(c7ccc(N8CCC(=O)NC8=O)cc7OS(=O)(=O)F)CC6)CC5)C4)c(=O)c3c2)c1C#N. The summed E-state index contributed by atoms with van der Waals surface area (Å²) in [6.45, 7) is 4.53. The number of carbonyl (C=O) groups excluding carboxylic acids is 3. The molecule has 0 bridgehead atoms. The topological polar surface area (TPSA) is 246 Å². The molecule has 0 unspecified atom stereocenters. The summed E-state index contributed by atoms with van der Waals surface area (Å²) in [7, 11) is -8.14. The van der Waals surface area contributed by atoms with Crippen LogP contribution in [0, 0.1) is 17.1 Å². The quantitative estimate of drug-likeness (QED) is 0.183. The molecule has 67 heavy (non-hydrogen) atoms. The van der Waals surface area contributed by atoms with Crippen LogP contribution in [-0.4, -0.2) is 136 Å². The van der Waals surface area contributed by atoms with E-state index in [1.807, 2.05) is 11.0 Å². The number of carbonyl (C=O) groups is 3. The Bertz CT molecular complexity index is 2960. The number of hydrogen-bond donors (Lipinski definition) is 2. The summed E-state index contributed by atoms with van der Waals surface area (Å²) < 4.78 is 99.0. The number of benzene rings is 3. The molecule has 4 amide bonds. The van der Waals surface area contributed by atoms with Crippen molar-refractivity contribution >= 4 is 66.5 Å². The Morgan fingerprint density at radius 1 is 1.03 bits per heavy atom. The summed E-state index contributed by atoms with van der Waals surface area (Å²) in [6, 6.07) is 11.4. The summed E-state index contributed by atoms with van der Waals surface area (Å²) in [4.78, 5) is 62.7. The van der Waals surface area contributed by atoms with E-state index < -0.39 is 60.9 Å². The number of imide groups is 1. The fourth-order valence-corrected chi connectivity index (χ4v) is 9.95. The van der Waals surface area contributed by atoms with Gasteiger partial charge in [-0.15, -0.1) is 0 Å². The van der Waals surface area contributed by atoms with Gasteiger partial charge in [-0.05, 0) is 61.7 Å². The molecule has 3 aromatic carbocycles. The lowest BCUT2D eigenvalue weighted by molar-refractivity contribution is -0.137. The second-order valence-electron chi connectivity index (χ2n) is 16.5. The number of nitriles is 1. The normalized spacial score (nSPS) is 19.2. The van der Waals surface area contributed by atoms with Gasteiger partial charge in [-0.25, -0.2) is 14.2 Å². The van der Waals surface area contributed by atoms with Gasteiger partial charge in [0, 0.05) is 77.6 Å². The molecule has 0 aliphatic carbocycles. The van der Waals surface area contributed by atoms with Gasteiger partial charge >= 0.3 is 26.7 Å². The maximum absolute atomic E-state index is 15.1. The fraction of sp³-hybridized carbons (Fsp3) is 0.429. The first kappa shape index (κ1) is 47.0. The number of halogens is 2. The monoisotopic (exact) mass is 968 g/mol. The Morgan fingerprint density at radius 3 is 2.46 bits per heavy atom. The molecule has 4 saturated heterocycles. The maximum atomic E-state index is 15.1. The molecule has 25 heteroatoms. The van der Waals surface area contributed by atoms with Crippen LogP contribution in [0.2, 0.25) is 0 Å². The fourth-order valence-electron chi connectivity index (χ4n) is 8.66. The number of ether oxygens (including phenoxy) is 2. The van der Waals surface area contributed by atoms with Gasteiger partial charge in [-0.3, -0.25) is 38.8 Å². The van der Waals surface area contributed by atoms with Gasteiger partial charge in [-0.1, -0.05) is 10.8 Å². The van der Waals surface area contributed by atoms with E-state index in [9.17, 15) is 45.2 Å². The molecular weight excluding hydrogens is 923 g/mol. The summed E-state index contributed by atoms with van der Waals surface area (Å²) in [5, 5.41) is 12.3. The average Bonchev–Trinajstić information content (AvgIpc) is 3.69. The number of nitrogens with zero attached hydrogens (tertiary/aromatic N) is 8. The van der Waals surface area contributed by atoms with E-state index >= 15 is 4.39 Å². The molecule has 2 N–H and O–H groups in total. The molecule has 4 aliphatic rings. The van der Waals surface area contributed by atoms with Crippen LogP contribution < -0.4 is 34.3 Å². The predicted octanol–water partition coefficient (Wildman–Crippen LogP) is 2.99. The van der Waals surface area contributed by atoms with Gasteiger partial charge in [0.05, 0.1) is 53.4 Å². The lowest BCUT2D eigenvalue weighted by atomic mass is 9.87. The van der Waals surface area contributed by atoms with Crippen LogP contribution in [0.3, 0.4) is 0 Å². The minimum absolute atomic E-state index is 0.00933. The van der Waals surface area contributed by atoms with Crippen molar-refractivity contribution in [2.24, 2.45) is 0 Å². The van der Waals surface area contributed by atoms with Crippen LogP contribution in [0.1, 0.15) is 44.2 Å². The minimum atomic E-state index is -5.43. The zero-order valence-electron chi connectivity index (χ0n) is 36.3. The van der Waals surface area contributed by atoms with E-state index in [1.165, 1.54) is 53.2 Å². The van der Waals surface area contributed by atoms with Crippen molar-refractivity contribution in [1.82, 2.24) is 29.0 Å². The van der Waals surface area contributed by atoms with Crippen LogP contribution in [0.4, 0.5) is 30.1 Å². The largest absolute Gasteiger partial charge is 0.488 e. The van der Waals surface area contributed by atoms with Crippen molar-refractivity contribution in [3.05, 3.63) is 76.6 Å². The zero-order chi connectivity index (χ0) is 47.8. The Hall–Kier alpha value is -6.46. The maximum Gasteiger partial charge on any atom is 0.488 e. The molecule has 4 aliphatic heterocycles. The number of fused-ring (bicyclic) bond motifs is 1. The van der Waals surface area contributed by atoms with Crippen molar-refractivity contribution in [1.29, 1.82) is 5.26 Å². The number of urea groups is 1. The first-order valence-electron chi connectivity index (χ1n) is 21.3. The minimum Gasteiger partial charge on any atom is -0.453 e. The highest BCUT2D eigenvalue weighted by Gasteiger charge is 2.44. The van der Waals surface area contributed by atoms with Gasteiger partial charge in [0.25, 0.3) is 5.56 Å². The summed E-state index contributed by atoms with van der Waals surface area (Å²) in [5.41, 5.74) is -0.756. The van der Waals surface area contributed by atoms with Crippen molar-refractivity contribution in [2.45, 2.75) is 44.2 Å². The highest BCUT2D eigenvalue weighted by atomic mass is 32.3. The third kappa shape index (κ3) is 10.1. The molecule has 4 aromatic rings. The van der Waals surface area contributed by atoms with Crippen LogP contribution in [0.25, 0.3) is 10.9 Å². The zero-order valence-corrected chi connectivity index (χ0v) is 37.9. The van der Waals surface area contributed by atoms with Crippen molar-refractivity contribution in [2.75, 3.05) is 87.1 Å². The van der Waals surface area contributed by atoms with Crippen LogP contribution in [0.5, 0.6) is 17.2 Å². The summed E-state index contributed by atoms with van der Waals surface area (Å²) in [6.07, 6.45) is 3.00. The number of piperidine rings is 1. The van der Waals surface area contributed by atoms with Gasteiger partial charge in [0.15, 0.2) is 17.3 Å². The molecule has 8 rings (SSSR count). The highest BCUT2D eigenvalue weighted by Crippen LogP contribution is 2.41.